The number of carbonyl (C=O) groups is 2. The monoisotopic (exact) mass is 597 g/mol. The van der Waals surface area contributed by atoms with Gasteiger partial charge in [0.15, 0.2) is 6.29 Å². The predicted molar refractivity (Wildman–Crippen MR) is 110 cm³/mol. The summed E-state index contributed by atoms with van der Waals surface area (Å²) in [6.07, 6.45) is -1.03. The Morgan fingerprint density at radius 1 is 1.14 bits per heavy atom. The number of rotatable bonds is 7. The molecule has 0 spiro atoms. The van der Waals surface area contributed by atoms with Gasteiger partial charge in [0.25, 0.3) is 0 Å². The van der Waals surface area contributed by atoms with E-state index in [2.05, 4.69) is 5.32 Å². The predicted octanol–water partition coefficient (Wildman–Crippen LogP) is -8.07. The maximum Gasteiger partial charge on any atom is 4.00 e. The van der Waals surface area contributed by atoms with Gasteiger partial charge in [0, 0.05) is 6.04 Å². The molecule has 2 aliphatic rings. The van der Waals surface area contributed by atoms with Crippen molar-refractivity contribution in [2.24, 2.45) is 17.2 Å². The fourth-order valence-electron chi connectivity index (χ4n) is 2.64. The van der Waals surface area contributed by atoms with Gasteiger partial charge in [-0.25, -0.2) is 0 Å². The summed E-state index contributed by atoms with van der Waals surface area (Å²) in [5.74, 6) is -1.90. The molecule has 36 heavy (non-hydrogen) atoms. The van der Waals surface area contributed by atoms with Crippen molar-refractivity contribution in [2.75, 3.05) is 19.7 Å². The van der Waals surface area contributed by atoms with E-state index in [1.165, 1.54) is 0 Å². The van der Waals surface area contributed by atoms with Crippen LogP contribution in [0, 0.1) is 0 Å². The number of carbonyl (C=O) groups excluding carboxylic acids is 1. The first-order valence-corrected chi connectivity index (χ1v) is 11.9. The summed E-state index contributed by atoms with van der Waals surface area (Å²) in [5.41, 5.74) is 15.6. The maximum absolute atomic E-state index is 10.1. The number of unbranched alkanes of at least 4 members (excludes halogenated alkanes) is 1. The minimum absolute atomic E-state index is 0. The second-order valence-electron chi connectivity index (χ2n) is 7.45. The Hall–Kier alpha value is -0.791. The number of phosphoric acid groups is 1. The fourth-order valence-corrected chi connectivity index (χ4v) is 2.64. The van der Waals surface area contributed by atoms with Crippen molar-refractivity contribution >= 4 is 19.8 Å². The minimum Gasteiger partial charge on any atom is -0.822 e. The Balaban J connectivity index is -0.000000416. The first-order chi connectivity index (χ1) is 16.1. The third kappa shape index (κ3) is 20.3. The van der Waals surface area contributed by atoms with Crippen molar-refractivity contribution < 1.29 is 81.3 Å². The molecule has 0 aromatic heterocycles. The average Bonchev–Trinajstić information content (AvgIpc) is 3.30. The number of nitrogens with one attached hydrogen (secondary N) is 1. The number of ether oxygens (including phenoxy) is 1. The second-order valence-corrected chi connectivity index (χ2v) is 8.35. The van der Waals surface area contributed by atoms with Crippen LogP contribution in [0.1, 0.15) is 32.1 Å². The van der Waals surface area contributed by atoms with Crippen LogP contribution in [-0.2, 0) is 36.0 Å². The Morgan fingerprint density at radius 2 is 1.67 bits per heavy atom. The zero-order valence-corrected chi connectivity index (χ0v) is 21.0. The number of aliphatic hydroxyl groups is 4. The van der Waals surface area contributed by atoms with Gasteiger partial charge < -0.3 is 81.9 Å². The quantitative estimate of drug-likeness (QED) is 0.0746. The van der Waals surface area contributed by atoms with Crippen LogP contribution in [0.3, 0.4) is 0 Å². The van der Waals surface area contributed by atoms with E-state index < -0.39 is 63.1 Å². The Kier molecular flexibility index (Phi) is 23.4. The molecule has 0 aromatic rings. The van der Waals surface area contributed by atoms with Gasteiger partial charge in [-0.05, 0) is 38.8 Å². The molecule has 0 aliphatic carbocycles. The second kappa shape index (κ2) is 21.2. The zero-order chi connectivity index (χ0) is 27.8. The van der Waals surface area contributed by atoms with Gasteiger partial charge >= 0.3 is 23.0 Å². The molecular weight excluding hydrogens is 563 g/mol. The number of nitrogens with two attached hydrogens (primary N) is 3. The minimum atomic E-state index is -5.39. The van der Waals surface area contributed by atoms with Crippen LogP contribution in [-0.4, -0.2) is 99.9 Å². The molecule has 0 saturated carbocycles. The molecule has 2 heterocycles. The van der Waals surface area contributed by atoms with Crippen LogP contribution in [0.25, 0.3) is 0 Å². The molecule has 17 nitrogen and oxygen atoms in total. The number of hydrogen-bond acceptors (Lipinski definition) is 16. The number of aliphatic hydroxyl groups excluding tert-OH is 4. The molecule has 2 aliphatic heterocycles. The summed E-state index contributed by atoms with van der Waals surface area (Å²) < 4.78 is 13.2. The molecule has 2 rings (SSSR count). The van der Waals surface area contributed by atoms with Crippen LogP contribution in [0.4, 0.5) is 0 Å². The standard InChI is InChI=1S/C6H14N2O2.C6H13NO5.C5H9NO2.Cu.H3O4P/c7-4-2-1-3-5(8)6(9)10;7-3-5(10)4(9)2(1-8)12-6(3)11;7-5(8)4-2-1-3-6-4;;1-5(2,3)4/h5H,1-4,7-8H2,(H,9,10);2-6,8-11H,1,7H2;4,6H,1-3H2,(H,7,8);;(H3,1,2,3,4)/q;;;+4;/p-4/t;2-,3-,4-,5-,6?;4-;;/m.10../s1. The van der Waals surface area contributed by atoms with Gasteiger partial charge in [0.2, 0.25) is 0 Å². The molecule has 0 bridgehead atoms. The molecule has 2 saturated heterocycles. The third-order valence-electron chi connectivity index (χ3n) is 4.58. The smallest absolute Gasteiger partial charge is 0.822 e. The third-order valence-corrected chi connectivity index (χ3v) is 4.58. The van der Waals surface area contributed by atoms with Crippen molar-refractivity contribution in [1.82, 2.24) is 5.32 Å². The average molecular weight is 598 g/mol. The summed E-state index contributed by atoms with van der Waals surface area (Å²) in [5, 5.41) is 57.3. The molecule has 1 radical (unpaired) electrons. The summed E-state index contributed by atoms with van der Waals surface area (Å²) >= 11 is 0. The normalized spacial score (nSPS) is 27.9. The Labute approximate surface area is 218 Å². The van der Waals surface area contributed by atoms with E-state index in [-0.39, 0.29) is 23.1 Å². The van der Waals surface area contributed by atoms with Gasteiger partial charge in [0.05, 0.1) is 18.6 Å². The molecule has 0 aromatic carbocycles. The van der Waals surface area contributed by atoms with E-state index in [0.717, 1.165) is 32.2 Å². The summed E-state index contributed by atoms with van der Waals surface area (Å²) in [4.78, 5) is 45.8. The van der Waals surface area contributed by atoms with E-state index in [0.29, 0.717) is 13.0 Å². The van der Waals surface area contributed by atoms with Crippen molar-refractivity contribution in [3.05, 3.63) is 0 Å². The van der Waals surface area contributed by atoms with Crippen molar-refractivity contribution in [3.8, 4) is 0 Å². The van der Waals surface area contributed by atoms with Gasteiger partial charge in [-0.15, -0.1) is 0 Å². The van der Waals surface area contributed by atoms with E-state index in [1.54, 1.807) is 0 Å². The van der Waals surface area contributed by atoms with Gasteiger partial charge in [0.1, 0.15) is 24.4 Å². The van der Waals surface area contributed by atoms with Crippen LogP contribution < -0.4 is 42.3 Å². The van der Waals surface area contributed by atoms with Crippen molar-refractivity contribution in [1.29, 1.82) is 0 Å². The molecule has 2 unspecified atom stereocenters. The number of aliphatic carboxylic acids is 2. The molecular formula is C17H35CuN4O13P. The Bertz CT molecular complexity index is 629. The van der Waals surface area contributed by atoms with E-state index in [4.69, 9.17) is 56.5 Å². The fraction of sp³-hybridized carbons (Fsp3) is 0.882. The molecule has 7 atom stereocenters. The van der Waals surface area contributed by atoms with E-state index >= 15 is 0 Å². The maximum atomic E-state index is 10.1. The van der Waals surface area contributed by atoms with Crippen molar-refractivity contribution in [2.45, 2.75) is 74.8 Å². The summed E-state index contributed by atoms with van der Waals surface area (Å²) in [6, 6.07) is -2.13. The zero-order valence-electron chi connectivity index (χ0n) is 19.2. The van der Waals surface area contributed by atoms with Crippen LogP contribution in [0.15, 0.2) is 0 Å². The first-order valence-electron chi connectivity index (χ1n) is 10.5. The SMILES string of the molecule is NCCCCC(N)C(=O)[O-].N[C@H]1C(O)O[C@H](CO)[C@@H](O)[C@@H]1O.O=C(O)[C@@H]1CCCN1.O=P([O-])([O-])[O-].[Cu+4]. The molecule has 12 N–H and O–H groups in total. The van der Waals surface area contributed by atoms with Gasteiger partial charge in [-0.1, -0.05) is 6.42 Å². The first kappa shape index (κ1) is 39.7. The van der Waals surface area contributed by atoms with Gasteiger partial charge in [-0.3, -0.25) is 4.79 Å². The van der Waals surface area contributed by atoms with Crippen LogP contribution >= 0.6 is 7.82 Å². The number of carboxylic acid groups (broad SMARTS) is 2. The summed E-state index contributed by atoms with van der Waals surface area (Å²) in [6.45, 7) is 0.971. The Morgan fingerprint density at radius 3 is 2.00 bits per heavy atom. The molecule has 2 fully saturated rings. The molecule has 19 heteroatoms. The van der Waals surface area contributed by atoms with Gasteiger partial charge in [-0.2, -0.15) is 7.82 Å². The van der Waals surface area contributed by atoms with Crippen molar-refractivity contribution in [3.63, 3.8) is 0 Å². The number of carboxylic acids is 2. The van der Waals surface area contributed by atoms with Crippen LogP contribution in [0.5, 0.6) is 0 Å². The largest absolute Gasteiger partial charge is 4.00 e. The molecule has 0 amide bonds. The molecule has 217 valence electrons. The van der Waals surface area contributed by atoms with E-state index in [1.807, 2.05) is 0 Å². The summed E-state index contributed by atoms with van der Waals surface area (Å²) in [7, 11) is -5.39. The topological polar surface area (TPSA) is 344 Å². The number of hydrogen-bond donors (Lipinski definition) is 9. The van der Waals surface area contributed by atoms with E-state index in [9.17, 15) is 24.9 Å². The van der Waals surface area contributed by atoms with Crippen LogP contribution in [0.2, 0.25) is 0 Å².